The SMILES string of the molecule is CCCN(CCC)C1CC(C)c2ccccc2C1N. The van der Waals surface area contributed by atoms with Crippen molar-refractivity contribution in [3.63, 3.8) is 0 Å². The average Bonchev–Trinajstić information content (AvgIpc) is 2.43. The number of fused-ring (bicyclic) bond motifs is 1. The summed E-state index contributed by atoms with van der Waals surface area (Å²) in [6.07, 6.45) is 3.61. The van der Waals surface area contributed by atoms with E-state index in [-0.39, 0.29) is 6.04 Å². The van der Waals surface area contributed by atoms with Crippen LogP contribution in [0.2, 0.25) is 0 Å². The molecule has 0 heterocycles. The molecule has 0 spiro atoms. The van der Waals surface area contributed by atoms with Crippen LogP contribution in [-0.2, 0) is 0 Å². The third-order valence-electron chi connectivity index (χ3n) is 4.39. The van der Waals surface area contributed by atoms with Crippen LogP contribution in [0.5, 0.6) is 0 Å². The highest BCUT2D eigenvalue weighted by atomic mass is 15.2. The molecule has 1 aromatic carbocycles. The highest BCUT2D eigenvalue weighted by Crippen LogP contribution is 2.38. The predicted octanol–water partition coefficient (Wildman–Crippen LogP) is 3.68. The summed E-state index contributed by atoms with van der Waals surface area (Å²) in [4.78, 5) is 2.61. The van der Waals surface area contributed by atoms with Gasteiger partial charge in [0, 0.05) is 12.1 Å². The molecule has 2 heteroatoms. The van der Waals surface area contributed by atoms with Gasteiger partial charge in [0.1, 0.15) is 0 Å². The molecule has 1 aromatic rings. The second-order valence-electron chi connectivity index (χ2n) is 5.89. The Labute approximate surface area is 118 Å². The first-order chi connectivity index (χ1) is 9.19. The molecular weight excluding hydrogens is 232 g/mol. The summed E-state index contributed by atoms with van der Waals surface area (Å²) in [6.45, 7) is 9.19. The zero-order valence-electron chi connectivity index (χ0n) is 12.6. The molecule has 0 fully saturated rings. The normalized spacial score (nSPS) is 26.5. The van der Waals surface area contributed by atoms with Gasteiger partial charge in [0.2, 0.25) is 0 Å². The van der Waals surface area contributed by atoms with Crippen LogP contribution in [0.3, 0.4) is 0 Å². The second-order valence-corrected chi connectivity index (χ2v) is 5.89. The fourth-order valence-electron chi connectivity index (χ4n) is 3.50. The highest BCUT2D eigenvalue weighted by Gasteiger charge is 2.33. The van der Waals surface area contributed by atoms with Crippen molar-refractivity contribution in [3.05, 3.63) is 35.4 Å². The van der Waals surface area contributed by atoms with E-state index in [2.05, 4.69) is 49.9 Å². The number of nitrogens with two attached hydrogens (primary N) is 1. The minimum atomic E-state index is 0.172. The predicted molar refractivity (Wildman–Crippen MR) is 82.3 cm³/mol. The first kappa shape index (κ1) is 14.5. The summed E-state index contributed by atoms with van der Waals surface area (Å²) in [5.74, 6) is 0.622. The van der Waals surface area contributed by atoms with Gasteiger partial charge in [0.15, 0.2) is 0 Å². The maximum atomic E-state index is 6.57. The van der Waals surface area contributed by atoms with Gasteiger partial charge in [-0.3, -0.25) is 4.90 Å². The van der Waals surface area contributed by atoms with E-state index in [1.807, 2.05) is 0 Å². The Kier molecular flexibility index (Phi) is 5.00. The second kappa shape index (κ2) is 6.53. The van der Waals surface area contributed by atoms with Gasteiger partial charge in [-0.2, -0.15) is 0 Å². The highest BCUT2D eigenvalue weighted by molar-refractivity contribution is 5.36. The third kappa shape index (κ3) is 3.01. The number of nitrogens with zero attached hydrogens (tertiary/aromatic N) is 1. The molecule has 0 aliphatic heterocycles. The summed E-state index contributed by atoms with van der Waals surface area (Å²) in [5.41, 5.74) is 9.39. The summed E-state index contributed by atoms with van der Waals surface area (Å²) in [7, 11) is 0. The Morgan fingerprint density at radius 1 is 1.11 bits per heavy atom. The summed E-state index contributed by atoms with van der Waals surface area (Å²) >= 11 is 0. The molecule has 1 aliphatic carbocycles. The van der Waals surface area contributed by atoms with E-state index >= 15 is 0 Å². The minimum Gasteiger partial charge on any atom is -0.323 e. The van der Waals surface area contributed by atoms with Crippen molar-refractivity contribution >= 4 is 0 Å². The topological polar surface area (TPSA) is 29.3 Å². The average molecular weight is 260 g/mol. The lowest BCUT2D eigenvalue weighted by atomic mass is 9.77. The molecule has 0 aromatic heterocycles. The van der Waals surface area contributed by atoms with E-state index in [9.17, 15) is 0 Å². The fourth-order valence-corrected chi connectivity index (χ4v) is 3.50. The van der Waals surface area contributed by atoms with Crippen molar-refractivity contribution in [3.8, 4) is 0 Å². The number of hydrogen-bond donors (Lipinski definition) is 1. The van der Waals surface area contributed by atoms with Crippen molar-refractivity contribution in [1.29, 1.82) is 0 Å². The molecule has 3 unspecified atom stereocenters. The maximum absolute atomic E-state index is 6.57. The van der Waals surface area contributed by atoms with Crippen molar-refractivity contribution in [2.24, 2.45) is 5.73 Å². The molecule has 2 rings (SSSR count). The maximum Gasteiger partial charge on any atom is 0.0456 e. The molecule has 0 amide bonds. The van der Waals surface area contributed by atoms with Crippen LogP contribution in [0.4, 0.5) is 0 Å². The van der Waals surface area contributed by atoms with Crippen LogP contribution in [0, 0.1) is 0 Å². The van der Waals surface area contributed by atoms with E-state index in [0.29, 0.717) is 12.0 Å². The van der Waals surface area contributed by atoms with Crippen molar-refractivity contribution in [2.75, 3.05) is 13.1 Å². The van der Waals surface area contributed by atoms with Crippen LogP contribution < -0.4 is 5.73 Å². The lowest BCUT2D eigenvalue weighted by Gasteiger charge is -2.41. The monoisotopic (exact) mass is 260 g/mol. The number of benzene rings is 1. The Hall–Kier alpha value is -0.860. The molecule has 3 atom stereocenters. The first-order valence-electron chi connectivity index (χ1n) is 7.77. The van der Waals surface area contributed by atoms with Crippen LogP contribution in [0.25, 0.3) is 0 Å². The zero-order chi connectivity index (χ0) is 13.8. The van der Waals surface area contributed by atoms with Crippen LogP contribution in [-0.4, -0.2) is 24.0 Å². The van der Waals surface area contributed by atoms with E-state index in [0.717, 1.165) is 0 Å². The van der Waals surface area contributed by atoms with E-state index in [4.69, 9.17) is 5.73 Å². The fraction of sp³-hybridized carbons (Fsp3) is 0.647. The Morgan fingerprint density at radius 3 is 2.26 bits per heavy atom. The van der Waals surface area contributed by atoms with E-state index in [1.54, 1.807) is 0 Å². The van der Waals surface area contributed by atoms with Crippen molar-refractivity contribution < 1.29 is 0 Å². The lowest BCUT2D eigenvalue weighted by Crippen LogP contribution is -2.46. The van der Waals surface area contributed by atoms with Gasteiger partial charge in [-0.15, -0.1) is 0 Å². The summed E-state index contributed by atoms with van der Waals surface area (Å²) in [6, 6.07) is 9.41. The smallest absolute Gasteiger partial charge is 0.0456 e. The van der Waals surface area contributed by atoms with Gasteiger partial charge < -0.3 is 5.73 Å². The Bertz CT molecular complexity index is 396. The third-order valence-corrected chi connectivity index (χ3v) is 4.39. The van der Waals surface area contributed by atoms with E-state index in [1.165, 1.54) is 43.5 Å². The van der Waals surface area contributed by atoms with Crippen LogP contribution >= 0.6 is 0 Å². The van der Waals surface area contributed by atoms with Gasteiger partial charge >= 0.3 is 0 Å². The zero-order valence-corrected chi connectivity index (χ0v) is 12.6. The summed E-state index contributed by atoms with van der Waals surface area (Å²) in [5, 5.41) is 0. The first-order valence-corrected chi connectivity index (χ1v) is 7.77. The number of hydrogen-bond acceptors (Lipinski definition) is 2. The van der Waals surface area contributed by atoms with Crippen LogP contribution in [0.15, 0.2) is 24.3 Å². The van der Waals surface area contributed by atoms with Crippen LogP contribution in [0.1, 0.15) is 63.1 Å². The standard InChI is InChI=1S/C17H28N2/c1-4-10-19(11-5-2)16-12-13(3)14-8-6-7-9-15(14)17(16)18/h6-9,13,16-17H,4-5,10-12,18H2,1-3H3. The largest absolute Gasteiger partial charge is 0.323 e. The summed E-state index contributed by atoms with van der Waals surface area (Å²) < 4.78 is 0. The Morgan fingerprint density at radius 2 is 1.68 bits per heavy atom. The van der Waals surface area contributed by atoms with Gasteiger partial charge in [-0.1, -0.05) is 45.0 Å². The molecule has 2 N–H and O–H groups in total. The van der Waals surface area contributed by atoms with E-state index < -0.39 is 0 Å². The molecule has 1 aliphatic rings. The molecular formula is C17H28N2. The van der Waals surface area contributed by atoms with Crippen molar-refractivity contribution in [2.45, 2.75) is 58.0 Å². The molecule has 0 bridgehead atoms. The van der Waals surface area contributed by atoms with Gasteiger partial charge in [-0.05, 0) is 49.4 Å². The Balaban J connectivity index is 2.24. The number of rotatable bonds is 5. The minimum absolute atomic E-state index is 0.172. The molecule has 106 valence electrons. The van der Waals surface area contributed by atoms with Crippen molar-refractivity contribution in [1.82, 2.24) is 4.90 Å². The molecule has 0 radical (unpaired) electrons. The quantitative estimate of drug-likeness (QED) is 0.875. The molecule has 2 nitrogen and oxygen atoms in total. The van der Waals surface area contributed by atoms with Gasteiger partial charge in [-0.25, -0.2) is 0 Å². The molecule has 19 heavy (non-hydrogen) atoms. The lowest BCUT2D eigenvalue weighted by molar-refractivity contribution is 0.147. The van der Waals surface area contributed by atoms with Gasteiger partial charge in [0.05, 0.1) is 0 Å². The molecule has 0 saturated heterocycles. The van der Waals surface area contributed by atoms with Gasteiger partial charge in [0.25, 0.3) is 0 Å². The molecule has 0 saturated carbocycles.